The lowest BCUT2D eigenvalue weighted by Gasteiger charge is -2.15. The number of hydrogen-bond acceptors (Lipinski definition) is 3. The van der Waals surface area contributed by atoms with Crippen LogP contribution in [0.25, 0.3) is 0 Å². The van der Waals surface area contributed by atoms with Gasteiger partial charge in [0.2, 0.25) is 0 Å². The van der Waals surface area contributed by atoms with Gasteiger partial charge in [-0.15, -0.1) is 0 Å². The summed E-state index contributed by atoms with van der Waals surface area (Å²) in [6, 6.07) is 0.267. The van der Waals surface area contributed by atoms with Crippen LogP contribution in [-0.4, -0.2) is 21.7 Å². The van der Waals surface area contributed by atoms with Gasteiger partial charge in [-0.05, 0) is 32.1 Å². The summed E-state index contributed by atoms with van der Waals surface area (Å²) in [6.07, 6.45) is 7.46. The van der Waals surface area contributed by atoms with Crippen LogP contribution in [0, 0.1) is 5.92 Å². The minimum absolute atomic E-state index is 0.135. The molecule has 3 N–H and O–H groups in total. The maximum Gasteiger partial charge on any atom is 0.274 e. The second-order valence-electron chi connectivity index (χ2n) is 5.57. The fraction of sp³-hybridized carbons (Fsp3) is 0.714. The molecule has 0 spiro atoms. The van der Waals surface area contributed by atoms with E-state index < -0.39 is 0 Å². The highest BCUT2D eigenvalue weighted by atomic mass is 16.2. The van der Waals surface area contributed by atoms with Crippen LogP contribution in [0.1, 0.15) is 56.4 Å². The van der Waals surface area contributed by atoms with Crippen LogP contribution in [0.15, 0.2) is 6.20 Å². The van der Waals surface area contributed by atoms with Gasteiger partial charge >= 0.3 is 0 Å². The summed E-state index contributed by atoms with van der Waals surface area (Å²) < 4.78 is 1.69. The van der Waals surface area contributed by atoms with E-state index in [1.165, 1.54) is 19.3 Å². The molecule has 0 bridgehead atoms. The molecule has 2 atom stereocenters. The van der Waals surface area contributed by atoms with Crippen molar-refractivity contribution in [3.05, 3.63) is 11.9 Å². The number of carbonyl (C=O) groups is 1. The Bertz CT molecular complexity index is 441. The molecule has 5 heteroatoms. The van der Waals surface area contributed by atoms with Gasteiger partial charge in [-0.3, -0.25) is 9.48 Å². The molecule has 2 unspecified atom stereocenters. The lowest BCUT2D eigenvalue weighted by molar-refractivity contribution is 0.0928. The Morgan fingerprint density at radius 3 is 2.95 bits per heavy atom. The van der Waals surface area contributed by atoms with Crippen LogP contribution in [0.5, 0.6) is 0 Å². The zero-order chi connectivity index (χ0) is 13.8. The Hall–Kier alpha value is -1.52. The summed E-state index contributed by atoms with van der Waals surface area (Å²) in [7, 11) is 0. The zero-order valence-corrected chi connectivity index (χ0v) is 11.9. The molecule has 1 heterocycles. The average Bonchev–Trinajstić information content (AvgIpc) is 2.65. The SMILES string of the molecule is CCn1cc(N)c(C(=O)NC2CCCC(C)CC2)n1. The molecule has 0 radical (unpaired) electrons. The molecule has 106 valence electrons. The second kappa shape index (κ2) is 6.08. The topological polar surface area (TPSA) is 72.9 Å². The second-order valence-corrected chi connectivity index (χ2v) is 5.57. The first-order chi connectivity index (χ1) is 9.10. The summed E-state index contributed by atoms with van der Waals surface area (Å²) in [5, 5.41) is 7.29. The number of rotatable bonds is 3. The van der Waals surface area contributed by atoms with Crippen molar-refractivity contribution in [3.8, 4) is 0 Å². The fourth-order valence-corrected chi connectivity index (χ4v) is 2.66. The largest absolute Gasteiger partial charge is 0.396 e. The van der Waals surface area contributed by atoms with Crippen molar-refractivity contribution >= 4 is 11.6 Å². The van der Waals surface area contributed by atoms with Gasteiger partial charge in [0.1, 0.15) is 0 Å². The highest BCUT2D eigenvalue weighted by Crippen LogP contribution is 2.23. The lowest BCUT2D eigenvalue weighted by atomic mass is 10.0. The number of anilines is 1. The highest BCUT2D eigenvalue weighted by molar-refractivity contribution is 5.97. The van der Waals surface area contributed by atoms with Crippen molar-refractivity contribution in [2.24, 2.45) is 5.92 Å². The van der Waals surface area contributed by atoms with Crippen molar-refractivity contribution in [2.75, 3.05) is 5.73 Å². The number of nitrogen functional groups attached to an aromatic ring is 1. The first-order valence-electron chi connectivity index (χ1n) is 7.24. The highest BCUT2D eigenvalue weighted by Gasteiger charge is 2.21. The molecular weight excluding hydrogens is 240 g/mol. The third-order valence-corrected chi connectivity index (χ3v) is 3.92. The molecule has 0 saturated heterocycles. The summed E-state index contributed by atoms with van der Waals surface area (Å²) in [6.45, 7) is 4.98. The van der Waals surface area contributed by atoms with Crippen LogP contribution >= 0.6 is 0 Å². The van der Waals surface area contributed by atoms with Crippen molar-refractivity contribution in [1.29, 1.82) is 0 Å². The smallest absolute Gasteiger partial charge is 0.274 e. The van der Waals surface area contributed by atoms with Crippen LogP contribution < -0.4 is 11.1 Å². The predicted octanol–water partition coefficient (Wildman–Crippen LogP) is 2.18. The monoisotopic (exact) mass is 264 g/mol. The third-order valence-electron chi connectivity index (χ3n) is 3.92. The van der Waals surface area contributed by atoms with Crippen LogP contribution in [0.3, 0.4) is 0 Å². The number of nitrogens with two attached hydrogens (primary N) is 1. The van der Waals surface area contributed by atoms with Crippen LogP contribution in [0.4, 0.5) is 5.69 Å². The van der Waals surface area contributed by atoms with Gasteiger partial charge in [0.25, 0.3) is 5.91 Å². The first kappa shape index (κ1) is 13.9. The molecular formula is C14H24N4O. The Morgan fingerprint density at radius 2 is 2.26 bits per heavy atom. The van der Waals surface area contributed by atoms with Crippen LogP contribution in [0.2, 0.25) is 0 Å². The Labute approximate surface area is 114 Å². The van der Waals surface area contributed by atoms with Gasteiger partial charge in [0, 0.05) is 18.8 Å². The molecule has 1 aliphatic rings. The Morgan fingerprint density at radius 1 is 1.47 bits per heavy atom. The molecule has 0 aliphatic heterocycles. The van der Waals surface area contributed by atoms with Crippen LogP contribution in [-0.2, 0) is 6.54 Å². The standard InChI is InChI=1S/C14H24N4O/c1-3-18-9-12(15)13(17-18)14(19)16-11-6-4-5-10(2)7-8-11/h9-11H,3-8,15H2,1-2H3,(H,16,19). The van der Waals surface area contributed by atoms with Gasteiger partial charge < -0.3 is 11.1 Å². The van der Waals surface area contributed by atoms with E-state index in [-0.39, 0.29) is 11.9 Å². The van der Waals surface area contributed by atoms with E-state index in [1.807, 2.05) is 6.92 Å². The molecule has 1 aromatic heterocycles. The molecule has 1 aromatic rings. The fourth-order valence-electron chi connectivity index (χ4n) is 2.66. The normalized spacial score (nSPS) is 23.9. The molecule has 1 saturated carbocycles. The quantitative estimate of drug-likeness (QED) is 0.822. The van der Waals surface area contributed by atoms with Gasteiger partial charge in [-0.2, -0.15) is 5.10 Å². The van der Waals surface area contributed by atoms with E-state index in [1.54, 1.807) is 10.9 Å². The van der Waals surface area contributed by atoms with Crippen molar-refractivity contribution in [2.45, 2.75) is 58.5 Å². The van der Waals surface area contributed by atoms with Gasteiger partial charge in [0.15, 0.2) is 5.69 Å². The van der Waals surface area contributed by atoms with E-state index in [0.717, 1.165) is 25.3 Å². The number of hydrogen-bond donors (Lipinski definition) is 2. The van der Waals surface area contributed by atoms with E-state index >= 15 is 0 Å². The first-order valence-corrected chi connectivity index (χ1v) is 7.24. The third kappa shape index (κ3) is 3.49. The predicted molar refractivity (Wildman–Crippen MR) is 75.8 cm³/mol. The summed E-state index contributed by atoms with van der Waals surface area (Å²) >= 11 is 0. The van der Waals surface area contributed by atoms with Crippen molar-refractivity contribution in [1.82, 2.24) is 15.1 Å². The summed E-state index contributed by atoms with van der Waals surface area (Å²) in [5.41, 5.74) is 6.65. The number of nitrogens with one attached hydrogen (secondary N) is 1. The molecule has 1 amide bonds. The lowest BCUT2D eigenvalue weighted by Crippen LogP contribution is -2.35. The van der Waals surface area contributed by atoms with E-state index in [0.29, 0.717) is 11.4 Å². The minimum Gasteiger partial charge on any atom is -0.396 e. The Balaban J connectivity index is 1.98. The molecule has 2 rings (SSSR count). The van der Waals surface area contributed by atoms with Gasteiger partial charge in [0.05, 0.1) is 5.69 Å². The number of aromatic nitrogens is 2. The molecule has 5 nitrogen and oxygen atoms in total. The minimum atomic E-state index is -0.135. The summed E-state index contributed by atoms with van der Waals surface area (Å²) in [4.78, 5) is 12.2. The van der Waals surface area contributed by atoms with E-state index in [2.05, 4.69) is 17.3 Å². The molecule has 0 aromatic carbocycles. The zero-order valence-electron chi connectivity index (χ0n) is 11.9. The van der Waals surface area contributed by atoms with Gasteiger partial charge in [-0.1, -0.05) is 19.8 Å². The average molecular weight is 264 g/mol. The maximum atomic E-state index is 12.2. The number of nitrogens with zero attached hydrogens (tertiary/aromatic N) is 2. The molecule has 19 heavy (non-hydrogen) atoms. The van der Waals surface area contributed by atoms with Gasteiger partial charge in [-0.25, -0.2) is 0 Å². The van der Waals surface area contributed by atoms with E-state index in [9.17, 15) is 4.79 Å². The number of carbonyl (C=O) groups excluding carboxylic acids is 1. The molecule has 1 fully saturated rings. The summed E-state index contributed by atoms with van der Waals surface area (Å²) in [5.74, 6) is 0.635. The Kier molecular flexibility index (Phi) is 4.45. The number of amides is 1. The van der Waals surface area contributed by atoms with Crippen molar-refractivity contribution < 1.29 is 4.79 Å². The van der Waals surface area contributed by atoms with Crippen molar-refractivity contribution in [3.63, 3.8) is 0 Å². The molecule has 1 aliphatic carbocycles. The van der Waals surface area contributed by atoms with E-state index in [4.69, 9.17) is 5.73 Å². The number of aryl methyl sites for hydroxylation is 1. The maximum absolute atomic E-state index is 12.2.